The molecule has 15 heteroatoms. The molecule has 0 aromatic heterocycles. The van der Waals surface area contributed by atoms with Crippen LogP contribution in [-0.2, 0) is 56.9 Å². The third-order valence-electron chi connectivity index (χ3n) is 6.68. The van der Waals surface area contributed by atoms with Crippen molar-refractivity contribution in [2.75, 3.05) is 178 Å². The van der Waals surface area contributed by atoms with Gasteiger partial charge in [-0.25, -0.2) is 0 Å². The Balaban J connectivity index is 1.69. The highest BCUT2D eigenvalue weighted by Gasteiger charge is 2.17. The van der Waals surface area contributed by atoms with Crippen molar-refractivity contribution in [2.24, 2.45) is 5.73 Å². The summed E-state index contributed by atoms with van der Waals surface area (Å²) < 4.78 is 60.2. The lowest BCUT2D eigenvalue weighted by Gasteiger charge is -2.34. The first-order valence-electron chi connectivity index (χ1n) is 17.5. The molecule has 286 valence electrons. The van der Waals surface area contributed by atoms with E-state index in [9.17, 15) is 4.79 Å². The van der Waals surface area contributed by atoms with Crippen LogP contribution >= 0.6 is 0 Å². The van der Waals surface area contributed by atoms with Crippen LogP contribution in [-0.4, -0.2) is 199 Å². The van der Waals surface area contributed by atoms with Gasteiger partial charge in [0.25, 0.3) is 0 Å². The van der Waals surface area contributed by atoms with Crippen LogP contribution in [0.25, 0.3) is 0 Å². The fourth-order valence-electron chi connectivity index (χ4n) is 4.22. The van der Waals surface area contributed by atoms with Gasteiger partial charge in [0.15, 0.2) is 0 Å². The summed E-state index contributed by atoms with van der Waals surface area (Å²) in [5.41, 5.74) is 4.92. The zero-order chi connectivity index (χ0) is 34.8. The van der Waals surface area contributed by atoms with Crippen molar-refractivity contribution in [1.82, 2.24) is 9.80 Å². The van der Waals surface area contributed by atoms with Crippen LogP contribution in [0.15, 0.2) is 0 Å². The number of ether oxygens (including phenoxy) is 11. The number of nitrogens with two attached hydrogens (primary N) is 1. The summed E-state index contributed by atoms with van der Waals surface area (Å²) in [7, 11) is 0. The summed E-state index contributed by atoms with van der Waals surface area (Å²) in [5, 5.41) is 0. The molecule has 0 atom stereocenters. The first kappa shape index (κ1) is 45.0. The molecule has 1 heterocycles. The summed E-state index contributed by atoms with van der Waals surface area (Å²) in [5.74, 6) is -0.262. The average Bonchev–Trinajstić information content (AvgIpc) is 3.05. The van der Waals surface area contributed by atoms with Gasteiger partial charge >= 0.3 is 5.97 Å². The summed E-state index contributed by atoms with van der Waals surface area (Å²) in [4.78, 5) is 16.4. The summed E-state index contributed by atoms with van der Waals surface area (Å²) in [6.07, 6.45) is 0.235. The minimum Gasteiger partial charge on any atom is -0.460 e. The smallest absolute Gasteiger partial charge is 0.308 e. The summed E-state index contributed by atoms with van der Waals surface area (Å²) in [6.45, 7) is 22.9. The van der Waals surface area contributed by atoms with Crippen LogP contribution in [0.2, 0.25) is 0 Å². The highest BCUT2D eigenvalue weighted by Crippen LogP contribution is 2.08. The Labute approximate surface area is 289 Å². The molecule has 0 aromatic carbocycles. The van der Waals surface area contributed by atoms with Crippen molar-refractivity contribution < 1.29 is 56.9 Å². The minimum atomic E-state index is -0.471. The summed E-state index contributed by atoms with van der Waals surface area (Å²) in [6, 6.07) is 0. The Morgan fingerprint density at radius 3 is 1.02 bits per heavy atom. The van der Waals surface area contributed by atoms with E-state index in [-0.39, 0.29) is 12.4 Å². The lowest BCUT2D eigenvalue weighted by atomic mass is 10.2. The van der Waals surface area contributed by atoms with Crippen molar-refractivity contribution in [3.8, 4) is 0 Å². The van der Waals surface area contributed by atoms with Gasteiger partial charge in [0, 0.05) is 45.8 Å². The number of piperazine rings is 1. The van der Waals surface area contributed by atoms with Gasteiger partial charge in [0.2, 0.25) is 0 Å². The maximum Gasteiger partial charge on any atom is 0.308 e. The van der Waals surface area contributed by atoms with Crippen LogP contribution in [0, 0.1) is 0 Å². The van der Waals surface area contributed by atoms with Crippen LogP contribution in [0.5, 0.6) is 0 Å². The first-order valence-corrected chi connectivity index (χ1v) is 17.5. The van der Waals surface area contributed by atoms with Crippen LogP contribution in [0.1, 0.15) is 27.2 Å². The Hall–Kier alpha value is -1.05. The van der Waals surface area contributed by atoms with E-state index in [2.05, 4.69) is 9.80 Å². The third-order valence-corrected chi connectivity index (χ3v) is 6.68. The average molecular weight is 698 g/mol. The summed E-state index contributed by atoms with van der Waals surface area (Å²) >= 11 is 0. The molecule has 0 aliphatic carbocycles. The molecule has 0 saturated carbocycles. The predicted octanol–water partition coefficient (Wildman–Crippen LogP) is 0.461. The predicted molar refractivity (Wildman–Crippen MR) is 181 cm³/mol. The number of carbonyl (C=O) groups is 1. The molecule has 0 spiro atoms. The first-order chi connectivity index (χ1) is 23.4. The van der Waals surface area contributed by atoms with Crippen molar-refractivity contribution in [2.45, 2.75) is 32.8 Å². The molecular weight excluding hydrogens is 630 g/mol. The zero-order valence-electron chi connectivity index (χ0n) is 30.2. The van der Waals surface area contributed by atoms with E-state index in [4.69, 9.17) is 57.8 Å². The van der Waals surface area contributed by atoms with Gasteiger partial charge in [-0.3, -0.25) is 14.6 Å². The third kappa shape index (κ3) is 32.2. The van der Waals surface area contributed by atoms with Gasteiger partial charge in [0.1, 0.15) is 5.60 Å². The van der Waals surface area contributed by atoms with E-state index in [1.54, 1.807) is 0 Å². The van der Waals surface area contributed by atoms with Gasteiger partial charge in [-0.05, 0) is 20.8 Å². The molecule has 0 aromatic rings. The van der Waals surface area contributed by atoms with E-state index >= 15 is 0 Å². The highest BCUT2D eigenvalue weighted by atomic mass is 16.6. The van der Waals surface area contributed by atoms with Crippen molar-refractivity contribution in [1.29, 1.82) is 0 Å². The van der Waals surface area contributed by atoms with Crippen molar-refractivity contribution in [3.63, 3.8) is 0 Å². The molecule has 1 fully saturated rings. The van der Waals surface area contributed by atoms with Gasteiger partial charge < -0.3 is 57.8 Å². The molecule has 2 N–H and O–H groups in total. The quantitative estimate of drug-likeness (QED) is 0.0721. The number of nitrogens with zero attached hydrogens (tertiary/aromatic N) is 2. The largest absolute Gasteiger partial charge is 0.460 e. The van der Waals surface area contributed by atoms with Crippen molar-refractivity contribution in [3.05, 3.63) is 0 Å². The molecular formula is C33H67N3O12. The van der Waals surface area contributed by atoms with E-state index in [0.29, 0.717) is 132 Å². The Kier molecular flexibility index (Phi) is 31.0. The minimum absolute atomic E-state index is 0.235. The second kappa shape index (κ2) is 33.1. The zero-order valence-corrected chi connectivity index (χ0v) is 30.2. The number of carbonyl (C=O) groups excluding carboxylic acids is 1. The fraction of sp³-hybridized carbons (Fsp3) is 0.970. The maximum atomic E-state index is 11.6. The Morgan fingerprint density at radius 1 is 0.458 bits per heavy atom. The molecule has 0 amide bonds. The topological polar surface area (TPSA) is 151 Å². The van der Waals surface area contributed by atoms with Gasteiger partial charge in [0.05, 0.1) is 139 Å². The molecule has 48 heavy (non-hydrogen) atoms. The molecule has 0 bridgehead atoms. The van der Waals surface area contributed by atoms with E-state index in [1.165, 1.54) is 0 Å². The second-order valence-electron chi connectivity index (χ2n) is 11.9. The van der Waals surface area contributed by atoms with Crippen LogP contribution in [0.3, 0.4) is 0 Å². The SMILES string of the molecule is CC(C)(C)OC(=O)CCOCCOCCOCCOCCOCCOCCOCCOCCN1CCN(CCOCCOCCN)CC1. The normalized spacial score (nSPS) is 14.6. The van der Waals surface area contributed by atoms with E-state index in [1.807, 2.05) is 20.8 Å². The lowest BCUT2D eigenvalue weighted by molar-refractivity contribution is -0.156. The monoisotopic (exact) mass is 697 g/mol. The fourth-order valence-corrected chi connectivity index (χ4v) is 4.22. The lowest BCUT2D eigenvalue weighted by Crippen LogP contribution is -2.48. The number of rotatable bonds is 35. The number of hydrogen-bond acceptors (Lipinski definition) is 15. The van der Waals surface area contributed by atoms with Gasteiger partial charge in [-0.1, -0.05) is 0 Å². The molecule has 15 nitrogen and oxygen atoms in total. The number of esters is 1. The van der Waals surface area contributed by atoms with E-state index < -0.39 is 5.60 Å². The molecule has 1 saturated heterocycles. The van der Waals surface area contributed by atoms with E-state index in [0.717, 1.165) is 45.9 Å². The Morgan fingerprint density at radius 2 is 0.729 bits per heavy atom. The maximum absolute atomic E-state index is 11.6. The van der Waals surface area contributed by atoms with Crippen LogP contribution in [0.4, 0.5) is 0 Å². The second-order valence-corrected chi connectivity index (χ2v) is 11.9. The van der Waals surface area contributed by atoms with Crippen LogP contribution < -0.4 is 5.73 Å². The Bertz CT molecular complexity index is 697. The molecule has 0 unspecified atom stereocenters. The van der Waals surface area contributed by atoms with Gasteiger partial charge in [-0.15, -0.1) is 0 Å². The van der Waals surface area contributed by atoms with Crippen molar-refractivity contribution >= 4 is 5.97 Å². The highest BCUT2D eigenvalue weighted by molar-refractivity contribution is 5.69. The van der Waals surface area contributed by atoms with Gasteiger partial charge in [-0.2, -0.15) is 0 Å². The molecule has 0 radical (unpaired) electrons. The molecule has 1 aliphatic heterocycles. The molecule has 1 aliphatic rings. The molecule has 1 rings (SSSR count). The number of hydrogen-bond donors (Lipinski definition) is 1. The standard InChI is InChI=1S/C33H67N3O12/c1-33(2,3)48-32(37)4-12-38-16-20-42-22-24-44-26-28-46-30-31-47-29-27-45-25-23-43-21-19-41-15-11-36-8-6-35(7-9-36)10-14-40-18-17-39-13-5-34/h4-31,34H2,1-3H3.